The molecule has 0 radical (unpaired) electrons. The van der Waals surface area contributed by atoms with Gasteiger partial charge in [0.25, 0.3) is 0 Å². The molecule has 0 aliphatic heterocycles. The lowest BCUT2D eigenvalue weighted by molar-refractivity contribution is 0.284. The van der Waals surface area contributed by atoms with Gasteiger partial charge in [0.05, 0.1) is 12.6 Å². The van der Waals surface area contributed by atoms with Crippen LogP contribution in [0.25, 0.3) is 0 Å². The van der Waals surface area contributed by atoms with Crippen LogP contribution in [-0.4, -0.2) is 23.4 Å². The zero-order chi connectivity index (χ0) is 8.10. The molecule has 4 heteroatoms. The molecule has 1 rings (SSSR count). The Morgan fingerprint density at radius 2 is 2.64 bits per heavy atom. The van der Waals surface area contributed by atoms with Gasteiger partial charge in [-0.25, -0.2) is 0 Å². The largest absolute Gasteiger partial charge is 0.395 e. The number of aromatic nitrogens is 1. The molecule has 0 aromatic carbocycles. The molecule has 0 aliphatic carbocycles. The first-order valence-corrected chi connectivity index (χ1v) is 3.59. The summed E-state index contributed by atoms with van der Waals surface area (Å²) in [5.41, 5.74) is 0.860. The highest BCUT2D eigenvalue weighted by Gasteiger charge is 2.05. The first kappa shape index (κ1) is 8.23. The minimum Gasteiger partial charge on any atom is -0.395 e. The lowest BCUT2D eigenvalue weighted by Crippen LogP contribution is -2.22. The van der Waals surface area contributed by atoms with E-state index in [-0.39, 0.29) is 12.6 Å². The Balaban J connectivity index is 2.36. The van der Waals surface area contributed by atoms with Gasteiger partial charge in [0.2, 0.25) is 0 Å². The molecule has 0 amide bonds. The minimum absolute atomic E-state index is 0.140. The van der Waals surface area contributed by atoms with E-state index in [0.717, 1.165) is 5.69 Å². The van der Waals surface area contributed by atoms with Gasteiger partial charge in [0, 0.05) is 12.6 Å². The number of hydrogen-bond acceptors (Lipinski definition) is 4. The Morgan fingerprint density at radius 3 is 3.18 bits per heavy atom. The molecule has 4 nitrogen and oxygen atoms in total. The SMILES string of the molecule is CC(NCCO)c1ccon1. The average Bonchev–Trinajstić information content (AvgIpc) is 2.52. The Hall–Kier alpha value is -0.870. The summed E-state index contributed by atoms with van der Waals surface area (Å²) in [6, 6.07) is 1.94. The summed E-state index contributed by atoms with van der Waals surface area (Å²) in [7, 11) is 0. The molecule has 2 N–H and O–H groups in total. The molecule has 0 aliphatic rings. The van der Waals surface area contributed by atoms with Crippen molar-refractivity contribution in [3.05, 3.63) is 18.0 Å². The second kappa shape index (κ2) is 4.10. The first-order chi connectivity index (χ1) is 5.34. The number of nitrogens with zero attached hydrogens (tertiary/aromatic N) is 1. The highest BCUT2D eigenvalue weighted by atomic mass is 16.5. The summed E-state index contributed by atoms with van der Waals surface area (Å²) >= 11 is 0. The van der Waals surface area contributed by atoms with E-state index in [2.05, 4.69) is 15.0 Å². The van der Waals surface area contributed by atoms with Crippen molar-refractivity contribution in [2.45, 2.75) is 13.0 Å². The van der Waals surface area contributed by atoms with E-state index in [1.165, 1.54) is 6.26 Å². The third-order valence-electron chi connectivity index (χ3n) is 1.46. The quantitative estimate of drug-likeness (QED) is 0.659. The fraction of sp³-hybridized carbons (Fsp3) is 0.571. The maximum absolute atomic E-state index is 8.51. The Bertz CT molecular complexity index is 186. The van der Waals surface area contributed by atoms with Gasteiger partial charge >= 0.3 is 0 Å². The zero-order valence-corrected chi connectivity index (χ0v) is 6.45. The van der Waals surface area contributed by atoms with E-state index >= 15 is 0 Å². The van der Waals surface area contributed by atoms with Gasteiger partial charge in [-0.15, -0.1) is 0 Å². The van der Waals surface area contributed by atoms with Gasteiger partial charge in [0.15, 0.2) is 0 Å². The van der Waals surface area contributed by atoms with E-state index in [1.807, 2.05) is 6.92 Å². The maximum atomic E-state index is 8.51. The second-order valence-corrected chi connectivity index (χ2v) is 2.32. The Morgan fingerprint density at radius 1 is 1.82 bits per heavy atom. The molecule has 1 heterocycles. The van der Waals surface area contributed by atoms with E-state index in [0.29, 0.717) is 6.54 Å². The average molecular weight is 156 g/mol. The van der Waals surface area contributed by atoms with Crippen LogP contribution in [0.4, 0.5) is 0 Å². The van der Waals surface area contributed by atoms with Crippen molar-refractivity contribution in [2.75, 3.05) is 13.2 Å². The molecular formula is C7H12N2O2. The summed E-state index contributed by atoms with van der Waals surface area (Å²) < 4.78 is 4.66. The summed E-state index contributed by atoms with van der Waals surface area (Å²) in [5, 5.41) is 15.3. The number of nitrogens with one attached hydrogen (secondary N) is 1. The maximum Gasteiger partial charge on any atom is 0.124 e. The number of rotatable bonds is 4. The molecular weight excluding hydrogens is 144 g/mol. The highest BCUT2D eigenvalue weighted by Crippen LogP contribution is 2.07. The predicted molar refractivity (Wildman–Crippen MR) is 40.0 cm³/mol. The fourth-order valence-corrected chi connectivity index (χ4v) is 0.831. The summed E-state index contributed by atoms with van der Waals surface area (Å²) in [6.45, 7) is 2.68. The van der Waals surface area contributed by atoms with Crippen molar-refractivity contribution >= 4 is 0 Å². The summed E-state index contributed by atoms with van der Waals surface area (Å²) in [5.74, 6) is 0. The van der Waals surface area contributed by atoms with Gasteiger partial charge in [-0.3, -0.25) is 0 Å². The van der Waals surface area contributed by atoms with Crippen LogP contribution in [0.3, 0.4) is 0 Å². The fourth-order valence-electron chi connectivity index (χ4n) is 0.831. The zero-order valence-electron chi connectivity index (χ0n) is 6.45. The van der Waals surface area contributed by atoms with Crippen molar-refractivity contribution in [3.63, 3.8) is 0 Å². The molecule has 1 aromatic rings. The topological polar surface area (TPSA) is 58.3 Å². The molecule has 1 unspecified atom stereocenters. The molecule has 62 valence electrons. The number of hydrogen-bond donors (Lipinski definition) is 2. The third kappa shape index (κ3) is 2.32. The predicted octanol–water partition coefficient (Wildman–Crippen LogP) is 0.318. The summed E-state index contributed by atoms with van der Waals surface area (Å²) in [4.78, 5) is 0. The lowest BCUT2D eigenvalue weighted by atomic mass is 10.2. The normalized spacial score (nSPS) is 13.3. The molecule has 0 fully saturated rings. The van der Waals surface area contributed by atoms with E-state index < -0.39 is 0 Å². The highest BCUT2D eigenvalue weighted by molar-refractivity contribution is 5.00. The van der Waals surface area contributed by atoms with Gasteiger partial charge in [-0.2, -0.15) is 0 Å². The van der Waals surface area contributed by atoms with Crippen molar-refractivity contribution in [3.8, 4) is 0 Å². The molecule has 0 saturated carbocycles. The minimum atomic E-state index is 0.140. The number of aliphatic hydroxyl groups excluding tert-OH is 1. The third-order valence-corrected chi connectivity index (χ3v) is 1.46. The lowest BCUT2D eigenvalue weighted by Gasteiger charge is -2.07. The standard InChI is InChI=1S/C7H12N2O2/c1-6(8-3-4-10)7-2-5-11-9-7/h2,5-6,8,10H,3-4H2,1H3. The van der Waals surface area contributed by atoms with Crippen molar-refractivity contribution in [1.82, 2.24) is 10.5 Å². The van der Waals surface area contributed by atoms with Crippen molar-refractivity contribution < 1.29 is 9.63 Å². The second-order valence-electron chi connectivity index (χ2n) is 2.32. The smallest absolute Gasteiger partial charge is 0.124 e. The monoisotopic (exact) mass is 156 g/mol. The van der Waals surface area contributed by atoms with Crippen LogP contribution in [0.1, 0.15) is 18.7 Å². The first-order valence-electron chi connectivity index (χ1n) is 3.59. The molecule has 0 spiro atoms. The Kier molecular flexibility index (Phi) is 3.07. The molecule has 1 atom stereocenters. The summed E-state index contributed by atoms with van der Waals surface area (Å²) in [6.07, 6.45) is 1.53. The van der Waals surface area contributed by atoms with Crippen LogP contribution >= 0.6 is 0 Å². The van der Waals surface area contributed by atoms with Gasteiger partial charge in [0.1, 0.15) is 12.0 Å². The van der Waals surface area contributed by atoms with E-state index in [9.17, 15) is 0 Å². The van der Waals surface area contributed by atoms with Gasteiger partial charge < -0.3 is 14.9 Å². The van der Waals surface area contributed by atoms with E-state index in [1.54, 1.807) is 6.07 Å². The van der Waals surface area contributed by atoms with Crippen LogP contribution in [0.15, 0.2) is 16.9 Å². The van der Waals surface area contributed by atoms with Crippen molar-refractivity contribution in [2.24, 2.45) is 0 Å². The van der Waals surface area contributed by atoms with Crippen molar-refractivity contribution in [1.29, 1.82) is 0 Å². The van der Waals surface area contributed by atoms with Crippen LogP contribution in [0.2, 0.25) is 0 Å². The molecule has 1 aromatic heterocycles. The molecule has 0 saturated heterocycles. The Labute approximate surface area is 65.2 Å². The van der Waals surface area contributed by atoms with Crippen LogP contribution in [-0.2, 0) is 0 Å². The number of aliphatic hydroxyl groups is 1. The van der Waals surface area contributed by atoms with Crippen LogP contribution in [0.5, 0.6) is 0 Å². The van der Waals surface area contributed by atoms with Crippen LogP contribution in [0, 0.1) is 0 Å². The van der Waals surface area contributed by atoms with Crippen LogP contribution < -0.4 is 5.32 Å². The van der Waals surface area contributed by atoms with Gasteiger partial charge in [-0.1, -0.05) is 5.16 Å². The van der Waals surface area contributed by atoms with Gasteiger partial charge in [-0.05, 0) is 6.92 Å². The van der Waals surface area contributed by atoms with E-state index in [4.69, 9.17) is 5.11 Å². The molecule has 0 bridgehead atoms. The molecule has 11 heavy (non-hydrogen) atoms.